The summed E-state index contributed by atoms with van der Waals surface area (Å²) in [5, 5.41) is 6.17. The van der Waals surface area contributed by atoms with Crippen molar-refractivity contribution in [1.29, 1.82) is 0 Å². The molecule has 0 aromatic rings. The number of hydrogen-bond donors (Lipinski definition) is 4. The first-order chi connectivity index (χ1) is 15.3. The summed E-state index contributed by atoms with van der Waals surface area (Å²) in [7, 11) is 0. The lowest BCUT2D eigenvalue weighted by Crippen LogP contribution is -2.51. The van der Waals surface area contributed by atoms with Gasteiger partial charge in [-0.25, -0.2) is 14.8 Å². The van der Waals surface area contributed by atoms with Crippen LogP contribution < -0.4 is 21.5 Å². The number of hydrogen-bond acceptors (Lipinski definition) is 4. The molecule has 1 heterocycles. The second kappa shape index (κ2) is 10.2. The molecule has 0 bridgehead atoms. The Labute approximate surface area is 186 Å². The highest BCUT2D eigenvalue weighted by molar-refractivity contribution is 5.98. The number of carbonyl (C=O) groups excluding carboxylic acids is 1. The van der Waals surface area contributed by atoms with Gasteiger partial charge in [0, 0.05) is 24.4 Å². The van der Waals surface area contributed by atoms with E-state index in [-0.39, 0.29) is 49.8 Å². The molecule has 0 aromatic carbocycles. The quantitative estimate of drug-likeness (QED) is 0.293. The summed E-state index contributed by atoms with van der Waals surface area (Å²) in [6.45, 7) is 0. The van der Waals surface area contributed by atoms with Crippen molar-refractivity contribution < 1.29 is 22.4 Å². The van der Waals surface area contributed by atoms with Gasteiger partial charge >= 0.3 is 6.18 Å². The monoisotopic (exact) mass is 461 g/mol. The number of aliphatic imine (C=N–C) groups is 1. The summed E-state index contributed by atoms with van der Waals surface area (Å²) >= 11 is 0. The molecule has 3 saturated carbocycles. The van der Waals surface area contributed by atoms with E-state index in [1.54, 1.807) is 0 Å². The number of alkyl halides is 4. The van der Waals surface area contributed by atoms with Crippen LogP contribution in [0.5, 0.6) is 0 Å². The molecule has 10 heteroatoms. The Kier molecular flexibility index (Phi) is 7.59. The second-order valence-corrected chi connectivity index (χ2v) is 9.99. The fourth-order valence-electron chi connectivity index (χ4n) is 5.35. The van der Waals surface area contributed by atoms with Crippen LogP contribution >= 0.6 is 0 Å². The van der Waals surface area contributed by atoms with Crippen LogP contribution in [0.1, 0.15) is 77.0 Å². The zero-order valence-electron chi connectivity index (χ0n) is 18.4. The van der Waals surface area contributed by atoms with Gasteiger partial charge in [-0.2, -0.15) is 13.2 Å². The third kappa shape index (κ3) is 6.12. The molecule has 4 fully saturated rings. The molecule has 0 aromatic heterocycles. The molecule has 3 aliphatic carbocycles. The second-order valence-electron chi connectivity index (χ2n) is 9.99. The molecule has 182 valence electrons. The SMILES string of the molecule is O=C(N/C(=N/C1CC(C2CCC(F)CC2)NN1)NC1CCC1)C1CCC(C(F)(F)F)CC1. The van der Waals surface area contributed by atoms with Crippen LogP contribution in [0.4, 0.5) is 17.6 Å². The van der Waals surface area contributed by atoms with E-state index in [1.165, 1.54) is 0 Å². The largest absolute Gasteiger partial charge is 0.391 e. The lowest BCUT2D eigenvalue weighted by molar-refractivity contribution is -0.184. The first kappa shape index (κ1) is 23.7. The Bertz CT molecular complexity index is 668. The number of halogens is 4. The molecule has 2 atom stereocenters. The molecule has 4 rings (SSSR count). The van der Waals surface area contributed by atoms with Gasteiger partial charge in [-0.05, 0) is 76.5 Å². The predicted octanol–water partition coefficient (Wildman–Crippen LogP) is 3.69. The van der Waals surface area contributed by atoms with E-state index < -0.39 is 24.2 Å². The van der Waals surface area contributed by atoms with Gasteiger partial charge in [0.2, 0.25) is 5.91 Å². The maximum Gasteiger partial charge on any atom is 0.391 e. The minimum absolute atomic E-state index is 0.00101. The highest BCUT2D eigenvalue weighted by Crippen LogP contribution is 2.39. The molecule has 0 spiro atoms. The molecule has 1 amide bonds. The van der Waals surface area contributed by atoms with Gasteiger partial charge < -0.3 is 5.32 Å². The van der Waals surface area contributed by atoms with Crippen LogP contribution in [-0.2, 0) is 4.79 Å². The van der Waals surface area contributed by atoms with E-state index in [0.29, 0.717) is 24.7 Å². The molecule has 32 heavy (non-hydrogen) atoms. The van der Waals surface area contributed by atoms with Crippen molar-refractivity contribution in [2.24, 2.45) is 22.7 Å². The van der Waals surface area contributed by atoms with E-state index in [2.05, 4.69) is 21.5 Å². The Balaban J connectivity index is 1.32. The molecule has 1 saturated heterocycles. The summed E-state index contributed by atoms with van der Waals surface area (Å²) in [5.41, 5.74) is 6.47. The molecule has 2 unspecified atom stereocenters. The van der Waals surface area contributed by atoms with Crippen molar-refractivity contribution >= 4 is 11.9 Å². The van der Waals surface area contributed by atoms with Crippen LogP contribution in [0, 0.1) is 17.8 Å². The lowest BCUT2D eigenvalue weighted by atomic mass is 9.81. The highest BCUT2D eigenvalue weighted by Gasteiger charge is 2.42. The molecule has 6 nitrogen and oxygen atoms in total. The summed E-state index contributed by atoms with van der Waals surface area (Å²) in [6.07, 6.45) is 2.26. The van der Waals surface area contributed by atoms with Gasteiger partial charge in [0.15, 0.2) is 5.96 Å². The van der Waals surface area contributed by atoms with Crippen molar-refractivity contribution in [3.8, 4) is 0 Å². The Morgan fingerprint density at radius 2 is 1.59 bits per heavy atom. The fourth-order valence-corrected chi connectivity index (χ4v) is 5.35. The van der Waals surface area contributed by atoms with Gasteiger partial charge in [0.25, 0.3) is 0 Å². The van der Waals surface area contributed by atoms with Crippen LogP contribution in [0.15, 0.2) is 4.99 Å². The zero-order chi connectivity index (χ0) is 22.7. The Hall–Kier alpha value is -1.42. The molecule has 0 radical (unpaired) electrons. The third-order valence-corrected chi connectivity index (χ3v) is 7.72. The highest BCUT2D eigenvalue weighted by atomic mass is 19.4. The van der Waals surface area contributed by atoms with Crippen molar-refractivity contribution in [3.63, 3.8) is 0 Å². The molecule has 1 aliphatic heterocycles. The average molecular weight is 462 g/mol. The zero-order valence-corrected chi connectivity index (χ0v) is 18.4. The molecular formula is C22H35F4N5O. The predicted molar refractivity (Wildman–Crippen MR) is 113 cm³/mol. The van der Waals surface area contributed by atoms with Crippen LogP contribution in [0.3, 0.4) is 0 Å². The maximum atomic E-state index is 13.4. The number of amides is 1. The van der Waals surface area contributed by atoms with Gasteiger partial charge in [-0.3, -0.25) is 15.5 Å². The maximum absolute atomic E-state index is 13.4. The first-order valence-corrected chi connectivity index (χ1v) is 12.1. The van der Waals surface area contributed by atoms with Gasteiger partial charge in [-0.1, -0.05) is 0 Å². The van der Waals surface area contributed by atoms with Crippen molar-refractivity contribution in [3.05, 3.63) is 0 Å². The third-order valence-electron chi connectivity index (χ3n) is 7.72. The van der Waals surface area contributed by atoms with E-state index in [1.807, 2.05) is 0 Å². The molecular weight excluding hydrogens is 426 g/mol. The summed E-state index contributed by atoms with van der Waals surface area (Å²) in [6, 6.07) is 0.481. The van der Waals surface area contributed by atoms with Crippen LogP contribution in [-0.4, -0.2) is 42.5 Å². The van der Waals surface area contributed by atoms with Crippen LogP contribution in [0.2, 0.25) is 0 Å². The van der Waals surface area contributed by atoms with Crippen molar-refractivity contribution in [2.75, 3.05) is 0 Å². The van der Waals surface area contributed by atoms with E-state index in [4.69, 9.17) is 4.99 Å². The summed E-state index contributed by atoms with van der Waals surface area (Å²) < 4.78 is 52.2. The summed E-state index contributed by atoms with van der Waals surface area (Å²) in [5.74, 6) is -1.15. The lowest BCUT2D eigenvalue weighted by Gasteiger charge is -2.31. The van der Waals surface area contributed by atoms with Gasteiger partial charge in [-0.15, -0.1) is 0 Å². The topological polar surface area (TPSA) is 77.5 Å². The molecule has 4 N–H and O–H groups in total. The first-order valence-electron chi connectivity index (χ1n) is 12.1. The molecule has 4 aliphatic rings. The van der Waals surface area contributed by atoms with Crippen molar-refractivity contribution in [2.45, 2.75) is 108 Å². The van der Waals surface area contributed by atoms with E-state index in [0.717, 1.165) is 38.5 Å². The Morgan fingerprint density at radius 1 is 0.906 bits per heavy atom. The Morgan fingerprint density at radius 3 is 2.19 bits per heavy atom. The smallest absolute Gasteiger partial charge is 0.353 e. The van der Waals surface area contributed by atoms with E-state index in [9.17, 15) is 22.4 Å². The normalized spacial score (nSPS) is 37.1. The number of rotatable bonds is 4. The fraction of sp³-hybridized carbons (Fsp3) is 0.909. The average Bonchev–Trinajstić information content (AvgIpc) is 3.19. The number of nitrogens with one attached hydrogen (secondary N) is 4. The minimum Gasteiger partial charge on any atom is -0.353 e. The van der Waals surface area contributed by atoms with Gasteiger partial charge in [0.05, 0.1) is 5.92 Å². The standard InChI is InChI=1S/C22H35F4N5O/c23-16-10-6-13(7-11-16)18-12-19(31-30-18)28-21(27-17-2-1-3-17)29-20(32)14-4-8-15(9-5-14)22(24,25)26/h13-19,30-31H,1-12H2,(H2,27,28,29,32). The number of hydrazine groups is 1. The number of guanidine groups is 1. The van der Waals surface area contributed by atoms with Crippen LogP contribution in [0.25, 0.3) is 0 Å². The number of carbonyl (C=O) groups is 1. The number of nitrogens with zero attached hydrogens (tertiary/aromatic N) is 1. The van der Waals surface area contributed by atoms with Gasteiger partial charge in [0.1, 0.15) is 12.3 Å². The van der Waals surface area contributed by atoms with E-state index >= 15 is 0 Å². The minimum atomic E-state index is -4.18. The summed E-state index contributed by atoms with van der Waals surface area (Å²) in [4.78, 5) is 17.5. The van der Waals surface area contributed by atoms with Crippen molar-refractivity contribution in [1.82, 2.24) is 21.5 Å².